The van der Waals surface area contributed by atoms with Gasteiger partial charge in [0.15, 0.2) is 11.5 Å². The van der Waals surface area contributed by atoms with Gasteiger partial charge >= 0.3 is 0 Å². The predicted molar refractivity (Wildman–Crippen MR) is 126 cm³/mol. The van der Waals surface area contributed by atoms with Gasteiger partial charge in [-0.15, -0.1) is 0 Å². The maximum absolute atomic E-state index is 6.01. The fourth-order valence-corrected chi connectivity index (χ4v) is 3.84. The summed E-state index contributed by atoms with van der Waals surface area (Å²) in [6.45, 7) is 10.2. The Hall–Kier alpha value is -2.30. The van der Waals surface area contributed by atoms with Gasteiger partial charge in [0.05, 0.1) is 13.7 Å². The third kappa shape index (κ3) is 7.19. The number of hydrogen-bond donors (Lipinski definition) is 0. The minimum Gasteiger partial charge on any atom is -0.493 e. The molecule has 0 aromatic heterocycles. The van der Waals surface area contributed by atoms with Crippen molar-refractivity contribution < 1.29 is 9.47 Å². The van der Waals surface area contributed by atoms with Crippen molar-refractivity contribution in [1.29, 1.82) is 0 Å². The molecule has 2 aromatic rings. The van der Waals surface area contributed by atoms with Crippen molar-refractivity contribution in [2.45, 2.75) is 26.2 Å². The molecule has 0 radical (unpaired) electrons. The lowest BCUT2D eigenvalue weighted by atomic mass is 10.1. The van der Waals surface area contributed by atoms with Gasteiger partial charge in [-0.05, 0) is 55.6 Å². The Morgan fingerprint density at radius 3 is 2.20 bits per heavy atom. The Bertz CT molecular complexity index is 768. The normalized spacial score (nSPS) is 15.5. The minimum atomic E-state index is 0.728. The highest BCUT2D eigenvalue weighted by atomic mass is 16.5. The monoisotopic (exact) mass is 408 g/mol. The van der Waals surface area contributed by atoms with Gasteiger partial charge in [0.2, 0.25) is 0 Å². The number of unbranched alkanes of at least 4 members (excludes halogenated alkanes) is 1. The molecule has 3 rings (SSSR count). The van der Waals surface area contributed by atoms with Gasteiger partial charge in [0.1, 0.15) is 0 Å². The van der Waals surface area contributed by atoms with Crippen LogP contribution in [-0.2, 0) is 0 Å². The summed E-state index contributed by atoms with van der Waals surface area (Å²) in [6.07, 6.45) is 7.70. The Labute approximate surface area is 182 Å². The molecule has 4 nitrogen and oxygen atoms in total. The van der Waals surface area contributed by atoms with E-state index in [-0.39, 0.29) is 0 Å². The SMILES string of the molecule is CCCN1CCN(CCCCOc2ccc(C=Cc3ccccc3)cc2OC)CC1. The molecule has 0 aliphatic carbocycles. The Balaban J connectivity index is 1.39. The molecule has 0 bridgehead atoms. The van der Waals surface area contributed by atoms with Crippen LogP contribution in [0.5, 0.6) is 11.5 Å². The maximum Gasteiger partial charge on any atom is 0.161 e. The van der Waals surface area contributed by atoms with Crippen molar-refractivity contribution >= 4 is 12.2 Å². The molecule has 1 aliphatic heterocycles. The average molecular weight is 409 g/mol. The second-order valence-corrected chi connectivity index (χ2v) is 7.89. The highest BCUT2D eigenvalue weighted by Gasteiger charge is 2.15. The Morgan fingerprint density at radius 2 is 1.50 bits per heavy atom. The summed E-state index contributed by atoms with van der Waals surface area (Å²) in [5.41, 5.74) is 2.29. The molecule has 4 heteroatoms. The first-order chi connectivity index (χ1) is 14.8. The van der Waals surface area contributed by atoms with Gasteiger partial charge in [-0.25, -0.2) is 0 Å². The first-order valence-corrected chi connectivity index (χ1v) is 11.3. The minimum absolute atomic E-state index is 0.728. The lowest BCUT2D eigenvalue weighted by Gasteiger charge is -2.34. The summed E-state index contributed by atoms with van der Waals surface area (Å²) in [5.74, 6) is 1.61. The number of rotatable bonds is 11. The lowest BCUT2D eigenvalue weighted by Crippen LogP contribution is -2.46. The summed E-state index contributed by atoms with van der Waals surface area (Å²) in [5, 5.41) is 0. The van der Waals surface area contributed by atoms with Crippen molar-refractivity contribution in [3.63, 3.8) is 0 Å². The smallest absolute Gasteiger partial charge is 0.161 e. The van der Waals surface area contributed by atoms with E-state index in [4.69, 9.17) is 9.47 Å². The number of hydrogen-bond acceptors (Lipinski definition) is 4. The van der Waals surface area contributed by atoms with Crippen LogP contribution in [-0.4, -0.2) is 62.8 Å². The molecule has 30 heavy (non-hydrogen) atoms. The Kier molecular flexibility index (Phi) is 9.26. The van der Waals surface area contributed by atoms with E-state index in [0.717, 1.165) is 30.1 Å². The van der Waals surface area contributed by atoms with Gasteiger partial charge < -0.3 is 19.3 Å². The van der Waals surface area contributed by atoms with Crippen molar-refractivity contribution in [2.24, 2.45) is 0 Å². The van der Waals surface area contributed by atoms with Crippen LogP contribution < -0.4 is 9.47 Å². The molecule has 162 valence electrons. The van der Waals surface area contributed by atoms with Crippen LogP contribution in [0.4, 0.5) is 0 Å². The zero-order valence-corrected chi connectivity index (χ0v) is 18.6. The van der Waals surface area contributed by atoms with Crippen LogP contribution in [0.25, 0.3) is 12.2 Å². The second kappa shape index (κ2) is 12.4. The largest absolute Gasteiger partial charge is 0.493 e. The predicted octanol–water partition coefficient (Wildman–Crippen LogP) is 5.05. The van der Waals surface area contributed by atoms with Crippen molar-refractivity contribution in [2.75, 3.05) is 53.0 Å². The molecule has 1 saturated heterocycles. The van der Waals surface area contributed by atoms with Gasteiger partial charge in [-0.1, -0.05) is 55.5 Å². The fraction of sp³-hybridized carbons (Fsp3) is 0.462. The fourth-order valence-electron chi connectivity index (χ4n) is 3.84. The summed E-state index contributed by atoms with van der Waals surface area (Å²) >= 11 is 0. The van der Waals surface area contributed by atoms with E-state index >= 15 is 0 Å². The number of benzene rings is 2. The summed E-state index contributed by atoms with van der Waals surface area (Å²) in [7, 11) is 1.70. The van der Waals surface area contributed by atoms with E-state index in [9.17, 15) is 0 Å². The van der Waals surface area contributed by atoms with E-state index in [1.165, 1.54) is 57.7 Å². The molecule has 0 N–H and O–H groups in total. The van der Waals surface area contributed by atoms with Crippen molar-refractivity contribution in [3.05, 3.63) is 59.7 Å². The topological polar surface area (TPSA) is 24.9 Å². The summed E-state index contributed by atoms with van der Waals surface area (Å²) < 4.78 is 11.6. The molecular formula is C26H36N2O2. The molecule has 0 spiro atoms. The third-order valence-electron chi connectivity index (χ3n) is 5.59. The van der Waals surface area contributed by atoms with Gasteiger partial charge in [0, 0.05) is 26.2 Å². The zero-order valence-electron chi connectivity index (χ0n) is 18.6. The first kappa shape index (κ1) is 22.4. The highest BCUT2D eigenvalue weighted by molar-refractivity contribution is 5.70. The van der Waals surface area contributed by atoms with E-state index in [1.807, 2.05) is 30.3 Å². The molecule has 0 saturated carbocycles. The van der Waals surface area contributed by atoms with Gasteiger partial charge in [-0.2, -0.15) is 0 Å². The molecule has 0 amide bonds. The summed E-state index contributed by atoms with van der Waals surface area (Å²) in [4.78, 5) is 5.16. The summed E-state index contributed by atoms with van der Waals surface area (Å²) in [6, 6.07) is 16.4. The molecule has 1 aliphatic rings. The molecule has 1 fully saturated rings. The molecule has 0 unspecified atom stereocenters. The van der Waals surface area contributed by atoms with E-state index in [1.54, 1.807) is 7.11 Å². The zero-order chi connectivity index (χ0) is 21.0. The van der Waals surface area contributed by atoms with Crippen molar-refractivity contribution in [3.8, 4) is 11.5 Å². The van der Waals surface area contributed by atoms with Crippen LogP contribution in [0, 0.1) is 0 Å². The third-order valence-corrected chi connectivity index (χ3v) is 5.59. The van der Waals surface area contributed by atoms with Crippen molar-refractivity contribution in [1.82, 2.24) is 9.80 Å². The van der Waals surface area contributed by atoms with E-state index in [0.29, 0.717) is 0 Å². The van der Waals surface area contributed by atoms with E-state index in [2.05, 4.69) is 47.1 Å². The number of methoxy groups -OCH3 is 1. The van der Waals surface area contributed by atoms with Crippen LogP contribution in [0.3, 0.4) is 0 Å². The molecular weight excluding hydrogens is 372 g/mol. The second-order valence-electron chi connectivity index (χ2n) is 7.89. The van der Waals surface area contributed by atoms with Gasteiger partial charge in [0.25, 0.3) is 0 Å². The van der Waals surface area contributed by atoms with Crippen LogP contribution in [0.1, 0.15) is 37.3 Å². The van der Waals surface area contributed by atoms with Crippen LogP contribution >= 0.6 is 0 Å². The van der Waals surface area contributed by atoms with Crippen LogP contribution in [0.15, 0.2) is 48.5 Å². The Morgan fingerprint density at radius 1 is 0.800 bits per heavy atom. The van der Waals surface area contributed by atoms with Crippen LogP contribution in [0.2, 0.25) is 0 Å². The van der Waals surface area contributed by atoms with Gasteiger partial charge in [-0.3, -0.25) is 0 Å². The lowest BCUT2D eigenvalue weighted by molar-refractivity contribution is 0.129. The van der Waals surface area contributed by atoms with E-state index < -0.39 is 0 Å². The average Bonchev–Trinajstić information content (AvgIpc) is 2.80. The molecule has 1 heterocycles. The number of piperazine rings is 1. The highest BCUT2D eigenvalue weighted by Crippen LogP contribution is 2.29. The maximum atomic E-state index is 6.01. The standard InChI is InChI=1S/C26H36N2O2/c1-3-15-27-17-19-28(20-18-27)16-7-8-21-30-25-14-13-24(22-26(25)29-2)12-11-23-9-5-4-6-10-23/h4-6,9-14,22H,3,7-8,15-21H2,1-2H3. The molecule has 0 atom stereocenters. The first-order valence-electron chi connectivity index (χ1n) is 11.3. The number of ether oxygens (including phenoxy) is 2. The number of nitrogens with zero attached hydrogens (tertiary/aromatic N) is 2. The molecule has 2 aromatic carbocycles. The quantitative estimate of drug-likeness (QED) is 0.384.